The Balaban J connectivity index is 2.47. The zero-order valence-corrected chi connectivity index (χ0v) is 4.40. The van der Waals surface area contributed by atoms with Gasteiger partial charge < -0.3 is 0 Å². The molecule has 0 aromatic heterocycles. The maximum absolute atomic E-state index is 8.16. The quantitative estimate of drug-likeness (QED) is 0.457. The van der Waals surface area contributed by atoms with E-state index in [1.54, 1.807) is 0 Å². The largest absolute Gasteiger partial charge is 0.257 e. The van der Waals surface area contributed by atoms with Crippen LogP contribution in [0.5, 0.6) is 0 Å². The van der Waals surface area contributed by atoms with E-state index in [0.29, 0.717) is 0 Å². The summed E-state index contributed by atoms with van der Waals surface area (Å²) < 4.78 is 0. The number of rotatable bonds is 0. The fraction of sp³-hybridized carbons (Fsp3) is 0.500. The molecule has 0 aromatic carbocycles. The van der Waals surface area contributed by atoms with Crippen molar-refractivity contribution >= 4 is 18.0 Å². The van der Waals surface area contributed by atoms with Gasteiger partial charge in [-0.1, -0.05) is 0 Å². The standard InChI is InChI=1S/C4H3N2S/c5-3-4-6-1-2-7-4/h4H,2H2. The van der Waals surface area contributed by atoms with Crippen LogP contribution in [-0.4, -0.2) is 17.3 Å². The third kappa shape index (κ3) is 0.937. The van der Waals surface area contributed by atoms with Crippen molar-refractivity contribution in [1.29, 1.82) is 5.26 Å². The summed E-state index contributed by atoms with van der Waals surface area (Å²) in [6.45, 7) is 0. The molecule has 1 rings (SSSR count). The van der Waals surface area contributed by atoms with Crippen LogP contribution in [0.1, 0.15) is 0 Å². The molecule has 1 unspecified atom stereocenters. The molecule has 3 heteroatoms. The molecule has 1 radical (unpaired) electrons. The average molecular weight is 111 g/mol. The van der Waals surface area contributed by atoms with Gasteiger partial charge in [-0.3, -0.25) is 4.99 Å². The van der Waals surface area contributed by atoms with Crippen molar-refractivity contribution in [3.05, 3.63) is 0 Å². The SMILES string of the molecule is N#CC1N=[C]CS1. The van der Waals surface area contributed by atoms with Gasteiger partial charge in [-0.15, -0.1) is 11.8 Å². The minimum Gasteiger partial charge on any atom is -0.257 e. The molecule has 1 aliphatic rings. The Hall–Kier alpha value is -0.490. The van der Waals surface area contributed by atoms with E-state index in [0.717, 1.165) is 5.75 Å². The number of hydrogen-bond acceptors (Lipinski definition) is 3. The fourth-order valence-corrected chi connectivity index (χ4v) is 0.870. The molecule has 0 aliphatic carbocycles. The molecule has 0 bridgehead atoms. The molecule has 1 heterocycles. The van der Waals surface area contributed by atoms with Gasteiger partial charge in [-0.25, -0.2) is 0 Å². The van der Waals surface area contributed by atoms with Gasteiger partial charge in [0.1, 0.15) is 6.07 Å². The lowest BCUT2D eigenvalue weighted by Crippen LogP contribution is -1.84. The molecule has 0 saturated carbocycles. The van der Waals surface area contributed by atoms with Gasteiger partial charge in [0, 0.05) is 5.75 Å². The van der Waals surface area contributed by atoms with E-state index >= 15 is 0 Å². The van der Waals surface area contributed by atoms with Crippen LogP contribution in [-0.2, 0) is 0 Å². The maximum Gasteiger partial charge on any atom is 0.182 e. The van der Waals surface area contributed by atoms with Crippen LogP contribution >= 0.6 is 11.8 Å². The highest BCUT2D eigenvalue weighted by Crippen LogP contribution is 2.14. The van der Waals surface area contributed by atoms with Crippen LogP contribution in [0.25, 0.3) is 0 Å². The minimum absolute atomic E-state index is 0.167. The van der Waals surface area contributed by atoms with Gasteiger partial charge in [0.15, 0.2) is 5.37 Å². The monoisotopic (exact) mass is 111 g/mol. The number of thioether (sulfide) groups is 1. The van der Waals surface area contributed by atoms with E-state index < -0.39 is 0 Å². The molecule has 7 heavy (non-hydrogen) atoms. The van der Waals surface area contributed by atoms with E-state index in [2.05, 4.69) is 11.2 Å². The second kappa shape index (κ2) is 1.99. The van der Waals surface area contributed by atoms with Crippen LogP contribution in [0.15, 0.2) is 4.99 Å². The molecule has 0 aromatic rings. The van der Waals surface area contributed by atoms with Crippen LogP contribution in [0.3, 0.4) is 0 Å². The number of nitrogens with zero attached hydrogens (tertiary/aromatic N) is 2. The molecular formula is C4H3N2S. The molecule has 35 valence electrons. The van der Waals surface area contributed by atoms with Crippen molar-refractivity contribution < 1.29 is 0 Å². The summed E-state index contributed by atoms with van der Waals surface area (Å²) in [6.07, 6.45) is 2.69. The van der Waals surface area contributed by atoms with E-state index in [1.807, 2.05) is 6.07 Å². The molecule has 0 fully saturated rings. The molecule has 0 saturated heterocycles. The lowest BCUT2D eigenvalue weighted by molar-refractivity contribution is 1.19. The van der Waals surface area contributed by atoms with Crippen LogP contribution in [0, 0.1) is 11.3 Å². The van der Waals surface area contributed by atoms with E-state index in [-0.39, 0.29) is 5.37 Å². The summed E-state index contributed by atoms with van der Waals surface area (Å²) in [5.41, 5.74) is 0. The van der Waals surface area contributed by atoms with Gasteiger partial charge in [-0.2, -0.15) is 5.26 Å². The third-order valence-corrected chi connectivity index (χ3v) is 1.45. The Morgan fingerprint density at radius 1 is 2.00 bits per heavy atom. The molecule has 0 amide bonds. The summed E-state index contributed by atoms with van der Waals surface area (Å²) in [6, 6.07) is 2.00. The second-order valence-electron chi connectivity index (χ2n) is 1.08. The predicted octanol–water partition coefficient (Wildman–Crippen LogP) is 0.531. The highest BCUT2D eigenvalue weighted by Gasteiger charge is 2.07. The number of hydrogen-bond donors (Lipinski definition) is 0. The van der Waals surface area contributed by atoms with Crippen molar-refractivity contribution in [2.75, 3.05) is 5.75 Å². The summed E-state index contributed by atoms with van der Waals surface area (Å²) >= 11 is 1.50. The Bertz CT molecular complexity index is 124. The van der Waals surface area contributed by atoms with Gasteiger partial charge in [0.2, 0.25) is 0 Å². The van der Waals surface area contributed by atoms with Crippen molar-refractivity contribution in [2.24, 2.45) is 4.99 Å². The van der Waals surface area contributed by atoms with E-state index in [1.165, 1.54) is 11.8 Å². The van der Waals surface area contributed by atoms with Crippen molar-refractivity contribution in [3.8, 4) is 6.07 Å². The topological polar surface area (TPSA) is 36.1 Å². The second-order valence-corrected chi connectivity index (χ2v) is 2.15. The fourth-order valence-electron chi connectivity index (χ4n) is 0.340. The summed E-state index contributed by atoms with van der Waals surface area (Å²) in [4.78, 5) is 3.71. The Kier molecular flexibility index (Phi) is 1.32. The molecule has 0 spiro atoms. The first-order valence-corrected chi connectivity index (χ1v) is 2.92. The third-order valence-electron chi connectivity index (χ3n) is 0.625. The van der Waals surface area contributed by atoms with Crippen LogP contribution in [0.2, 0.25) is 0 Å². The normalized spacial score (nSPS) is 27.6. The predicted molar refractivity (Wildman–Crippen MR) is 29.3 cm³/mol. The Morgan fingerprint density at radius 2 is 2.86 bits per heavy atom. The van der Waals surface area contributed by atoms with Gasteiger partial charge in [0.25, 0.3) is 0 Å². The smallest absolute Gasteiger partial charge is 0.182 e. The minimum atomic E-state index is -0.167. The molecule has 0 N–H and O–H groups in total. The molecule has 2 nitrogen and oxygen atoms in total. The number of nitriles is 1. The van der Waals surface area contributed by atoms with Crippen molar-refractivity contribution in [2.45, 2.75) is 5.37 Å². The Labute approximate surface area is 46.2 Å². The maximum atomic E-state index is 8.16. The van der Waals surface area contributed by atoms with E-state index in [9.17, 15) is 0 Å². The van der Waals surface area contributed by atoms with Crippen molar-refractivity contribution in [3.63, 3.8) is 0 Å². The van der Waals surface area contributed by atoms with Crippen molar-refractivity contribution in [1.82, 2.24) is 0 Å². The van der Waals surface area contributed by atoms with Crippen LogP contribution < -0.4 is 0 Å². The number of aliphatic imine (C=N–C) groups is 1. The molecule has 1 atom stereocenters. The van der Waals surface area contributed by atoms with Gasteiger partial charge in [0.05, 0.1) is 6.21 Å². The van der Waals surface area contributed by atoms with Gasteiger partial charge >= 0.3 is 0 Å². The van der Waals surface area contributed by atoms with E-state index in [4.69, 9.17) is 5.26 Å². The highest BCUT2D eigenvalue weighted by atomic mass is 32.2. The summed E-state index contributed by atoms with van der Waals surface area (Å²) in [5, 5.41) is 7.99. The first kappa shape index (κ1) is 4.66. The molecule has 1 aliphatic heterocycles. The first-order chi connectivity index (χ1) is 3.43. The van der Waals surface area contributed by atoms with Gasteiger partial charge in [-0.05, 0) is 0 Å². The first-order valence-electron chi connectivity index (χ1n) is 1.87. The lowest BCUT2D eigenvalue weighted by atomic mass is 10.7. The zero-order valence-electron chi connectivity index (χ0n) is 3.59. The molecular weight excluding hydrogens is 108 g/mol. The average Bonchev–Trinajstić information content (AvgIpc) is 2.14. The summed E-state index contributed by atoms with van der Waals surface area (Å²) in [7, 11) is 0. The summed E-state index contributed by atoms with van der Waals surface area (Å²) in [5.74, 6) is 0.776. The Morgan fingerprint density at radius 3 is 3.14 bits per heavy atom. The van der Waals surface area contributed by atoms with Crippen LogP contribution in [0.4, 0.5) is 0 Å². The highest BCUT2D eigenvalue weighted by molar-refractivity contribution is 8.01. The lowest BCUT2D eigenvalue weighted by Gasteiger charge is -1.85. The zero-order chi connectivity index (χ0) is 5.11.